The molecule has 232 valence electrons. The maximum Gasteiger partial charge on any atom is 0.329 e. The third kappa shape index (κ3) is 8.23. The number of nitrogens with one attached hydrogen (secondary N) is 1. The van der Waals surface area contributed by atoms with Gasteiger partial charge in [-0.2, -0.15) is 0 Å². The van der Waals surface area contributed by atoms with Gasteiger partial charge in [0.25, 0.3) is 0 Å². The summed E-state index contributed by atoms with van der Waals surface area (Å²) in [5, 5.41) is 12.2. The first-order valence-corrected chi connectivity index (χ1v) is 14.9. The lowest BCUT2D eigenvalue weighted by atomic mass is 9.97. The van der Waals surface area contributed by atoms with Crippen LogP contribution in [-0.4, -0.2) is 82.5 Å². The molecule has 0 bridgehead atoms. The van der Waals surface area contributed by atoms with Gasteiger partial charge in [0, 0.05) is 25.9 Å². The van der Waals surface area contributed by atoms with Crippen LogP contribution in [0.25, 0.3) is 0 Å². The first-order chi connectivity index (χ1) is 21.2. The van der Waals surface area contributed by atoms with Crippen LogP contribution >= 0.6 is 0 Å². The molecule has 4 atom stereocenters. The molecule has 0 radical (unpaired) electrons. The number of nitrogens with two attached hydrogens (primary N) is 1. The molecular formula is C34H40N4O6. The van der Waals surface area contributed by atoms with Crippen LogP contribution in [0.3, 0.4) is 0 Å². The summed E-state index contributed by atoms with van der Waals surface area (Å²) < 4.78 is 5.37. The molecule has 4 rings (SSSR count). The van der Waals surface area contributed by atoms with Crippen molar-refractivity contribution in [1.29, 1.82) is 0 Å². The summed E-state index contributed by atoms with van der Waals surface area (Å²) >= 11 is 0. The normalized spacial score (nSPS) is 17.0. The molecule has 10 nitrogen and oxygen atoms in total. The van der Waals surface area contributed by atoms with Gasteiger partial charge in [-0.05, 0) is 49.1 Å². The topological polar surface area (TPSA) is 142 Å². The minimum Gasteiger partial charge on any atom is -0.508 e. The number of aromatic hydroxyl groups is 1. The molecule has 0 aromatic heterocycles. The monoisotopic (exact) mass is 600 g/mol. The van der Waals surface area contributed by atoms with Crippen LogP contribution in [0, 0.1) is 0 Å². The van der Waals surface area contributed by atoms with Crippen molar-refractivity contribution in [3.8, 4) is 5.75 Å². The van der Waals surface area contributed by atoms with E-state index in [9.17, 15) is 24.3 Å². The second-order valence-corrected chi connectivity index (χ2v) is 10.9. The molecule has 1 aliphatic heterocycles. The van der Waals surface area contributed by atoms with E-state index < -0.39 is 42.0 Å². The molecule has 3 amide bonds. The summed E-state index contributed by atoms with van der Waals surface area (Å²) in [5.74, 6) is -1.66. The fourth-order valence-electron chi connectivity index (χ4n) is 5.42. The number of carbonyl (C=O) groups is 4. The van der Waals surface area contributed by atoms with Gasteiger partial charge in [0.1, 0.15) is 23.9 Å². The highest BCUT2D eigenvalue weighted by Crippen LogP contribution is 2.22. The molecule has 0 aliphatic carbocycles. The van der Waals surface area contributed by atoms with E-state index >= 15 is 0 Å². The van der Waals surface area contributed by atoms with E-state index in [1.807, 2.05) is 60.7 Å². The SMILES string of the molecule is CCOC(=O)[C@H](Cc1ccccc1)N1CCN(C(=O)[C@@H](C)NC(=O)[C@@H](N)Cc2ccc(O)cc2)[C@@H](Cc2ccccc2)C1=O. The van der Waals surface area contributed by atoms with Crippen LogP contribution in [0.4, 0.5) is 0 Å². The van der Waals surface area contributed by atoms with Crippen LogP contribution in [0.2, 0.25) is 0 Å². The Bertz CT molecular complexity index is 1420. The molecule has 1 aliphatic rings. The van der Waals surface area contributed by atoms with E-state index in [1.165, 1.54) is 21.9 Å². The van der Waals surface area contributed by atoms with Gasteiger partial charge in [0.2, 0.25) is 17.7 Å². The molecule has 3 aromatic rings. The zero-order valence-electron chi connectivity index (χ0n) is 25.1. The highest BCUT2D eigenvalue weighted by atomic mass is 16.5. The molecule has 3 aromatic carbocycles. The van der Waals surface area contributed by atoms with E-state index in [1.54, 1.807) is 26.0 Å². The first kappa shape index (κ1) is 32.2. The first-order valence-electron chi connectivity index (χ1n) is 14.9. The van der Waals surface area contributed by atoms with Gasteiger partial charge in [-0.15, -0.1) is 0 Å². The molecule has 10 heteroatoms. The Morgan fingerprint density at radius 2 is 1.50 bits per heavy atom. The number of rotatable bonds is 12. The molecule has 44 heavy (non-hydrogen) atoms. The number of nitrogens with zero attached hydrogens (tertiary/aromatic N) is 2. The minimum absolute atomic E-state index is 0.110. The lowest BCUT2D eigenvalue weighted by Gasteiger charge is -2.44. The van der Waals surface area contributed by atoms with Gasteiger partial charge >= 0.3 is 5.97 Å². The second kappa shape index (κ2) is 15.2. The molecule has 0 spiro atoms. The fraction of sp³-hybridized carbons (Fsp3) is 0.353. The zero-order chi connectivity index (χ0) is 31.6. The second-order valence-electron chi connectivity index (χ2n) is 10.9. The summed E-state index contributed by atoms with van der Waals surface area (Å²) in [6, 6.07) is 21.6. The number of amides is 3. The van der Waals surface area contributed by atoms with Crippen LogP contribution in [0.15, 0.2) is 84.9 Å². The predicted octanol–water partition coefficient (Wildman–Crippen LogP) is 2.22. The van der Waals surface area contributed by atoms with Gasteiger partial charge < -0.3 is 30.7 Å². The molecular weight excluding hydrogens is 560 g/mol. The Hall–Kier alpha value is -4.70. The number of piperazine rings is 1. The number of ether oxygens (including phenoxy) is 1. The van der Waals surface area contributed by atoms with Crippen molar-refractivity contribution >= 4 is 23.7 Å². The smallest absolute Gasteiger partial charge is 0.329 e. The summed E-state index contributed by atoms with van der Waals surface area (Å²) in [5.41, 5.74) is 8.64. The predicted molar refractivity (Wildman–Crippen MR) is 165 cm³/mol. The highest BCUT2D eigenvalue weighted by Gasteiger charge is 2.43. The maximum atomic E-state index is 14.2. The van der Waals surface area contributed by atoms with E-state index in [2.05, 4.69) is 5.32 Å². The van der Waals surface area contributed by atoms with Crippen molar-refractivity contribution in [2.24, 2.45) is 5.73 Å². The highest BCUT2D eigenvalue weighted by molar-refractivity contribution is 5.95. The number of esters is 1. The number of phenols is 1. The third-order valence-electron chi connectivity index (χ3n) is 7.75. The van der Waals surface area contributed by atoms with Crippen molar-refractivity contribution < 1.29 is 29.0 Å². The summed E-state index contributed by atoms with van der Waals surface area (Å²) in [6.45, 7) is 3.78. The molecule has 0 saturated carbocycles. The Balaban J connectivity index is 1.52. The number of carbonyl (C=O) groups excluding carboxylic acids is 4. The molecule has 0 unspecified atom stereocenters. The Kier molecular flexibility index (Phi) is 11.1. The lowest BCUT2D eigenvalue weighted by molar-refractivity contribution is -0.163. The van der Waals surface area contributed by atoms with Crippen molar-refractivity contribution in [3.63, 3.8) is 0 Å². The molecule has 1 saturated heterocycles. The summed E-state index contributed by atoms with van der Waals surface area (Å²) in [6.07, 6.45) is 0.740. The fourth-order valence-corrected chi connectivity index (χ4v) is 5.42. The molecule has 4 N–H and O–H groups in total. The van der Waals surface area contributed by atoms with E-state index in [0.29, 0.717) is 0 Å². The quantitative estimate of drug-likeness (QED) is 0.271. The van der Waals surface area contributed by atoms with Gasteiger partial charge in [0.05, 0.1) is 12.6 Å². The Labute approximate surface area is 257 Å². The average molecular weight is 601 g/mol. The third-order valence-corrected chi connectivity index (χ3v) is 7.75. The van der Waals surface area contributed by atoms with Crippen LogP contribution in [0.5, 0.6) is 5.75 Å². The number of hydrogen-bond acceptors (Lipinski definition) is 7. The van der Waals surface area contributed by atoms with Crippen LogP contribution < -0.4 is 11.1 Å². The number of benzene rings is 3. The molecule has 1 fully saturated rings. The minimum atomic E-state index is -0.948. The molecule has 1 heterocycles. The largest absolute Gasteiger partial charge is 0.508 e. The van der Waals surface area contributed by atoms with Crippen molar-refractivity contribution in [2.75, 3.05) is 19.7 Å². The van der Waals surface area contributed by atoms with Gasteiger partial charge in [-0.3, -0.25) is 14.4 Å². The summed E-state index contributed by atoms with van der Waals surface area (Å²) in [4.78, 5) is 57.0. The Morgan fingerprint density at radius 1 is 0.909 bits per heavy atom. The van der Waals surface area contributed by atoms with Crippen molar-refractivity contribution in [3.05, 3.63) is 102 Å². The zero-order valence-corrected chi connectivity index (χ0v) is 25.1. The summed E-state index contributed by atoms with van der Waals surface area (Å²) in [7, 11) is 0. The van der Waals surface area contributed by atoms with Gasteiger partial charge in [-0.1, -0.05) is 72.8 Å². The van der Waals surface area contributed by atoms with E-state index in [4.69, 9.17) is 10.5 Å². The van der Waals surface area contributed by atoms with E-state index in [-0.39, 0.29) is 50.6 Å². The van der Waals surface area contributed by atoms with Gasteiger partial charge in [-0.25, -0.2) is 4.79 Å². The van der Waals surface area contributed by atoms with Crippen LogP contribution in [0.1, 0.15) is 30.5 Å². The van der Waals surface area contributed by atoms with Crippen molar-refractivity contribution in [1.82, 2.24) is 15.1 Å². The lowest BCUT2D eigenvalue weighted by Crippen LogP contribution is -2.65. The maximum absolute atomic E-state index is 14.2. The van der Waals surface area contributed by atoms with Gasteiger partial charge in [0.15, 0.2) is 0 Å². The van der Waals surface area contributed by atoms with E-state index in [0.717, 1.165) is 16.7 Å². The standard InChI is InChI=1S/C34H40N4O6/c1-3-44-34(43)30(22-25-12-8-5-9-13-25)38-19-18-37(29(33(38)42)21-24-10-6-4-7-11-24)32(41)23(2)36-31(40)28(35)20-26-14-16-27(39)17-15-26/h4-17,23,28-30,39H,3,18-22,35H2,1-2H3,(H,36,40)/t23-,28+,29+,30+/m1/s1. The number of hydrogen-bond donors (Lipinski definition) is 3. The number of phenolic OH excluding ortho intramolecular Hbond substituents is 1. The Morgan fingerprint density at radius 3 is 2.11 bits per heavy atom. The average Bonchev–Trinajstić information content (AvgIpc) is 3.03. The van der Waals surface area contributed by atoms with Crippen LogP contribution in [-0.2, 0) is 43.2 Å². The van der Waals surface area contributed by atoms with Crippen molar-refractivity contribution in [2.45, 2.75) is 57.3 Å².